The van der Waals surface area contributed by atoms with Crippen LogP contribution in [0.3, 0.4) is 0 Å². The fraction of sp³-hybridized carbons (Fsp3) is 0.857. The molecule has 0 aliphatic carbocycles. The second-order valence-electron chi connectivity index (χ2n) is 2.87. The minimum absolute atomic E-state index is 0.134. The quantitative estimate of drug-likeness (QED) is 0.721. The minimum atomic E-state index is -0.221. The van der Waals surface area contributed by atoms with Crippen LogP contribution in [0, 0.1) is 5.92 Å². The Hall–Kier alpha value is 0.630. The van der Waals surface area contributed by atoms with Crippen molar-refractivity contribution in [3.05, 3.63) is 0 Å². The van der Waals surface area contributed by atoms with Crippen LogP contribution >= 0.6 is 31.9 Å². The second kappa shape index (κ2) is 3.86. The molecule has 0 N–H and O–H groups in total. The van der Waals surface area contributed by atoms with Gasteiger partial charge in [0.25, 0.3) is 0 Å². The Morgan fingerprint density at radius 3 is 2.00 bits per heavy atom. The topological polar surface area (TPSA) is 17.1 Å². The first-order valence-corrected chi connectivity index (χ1v) is 4.82. The van der Waals surface area contributed by atoms with E-state index in [0.717, 1.165) is 0 Å². The lowest BCUT2D eigenvalue weighted by Crippen LogP contribution is -2.16. The molecule has 0 aromatic rings. The van der Waals surface area contributed by atoms with Crippen molar-refractivity contribution in [3.8, 4) is 0 Å². The van der Waals surface area contributed by atoms with Crippen LogP contribution in [0.1, 0.15) is 27.2 Å². The number of carbonyl (C=O) groups is 1. The maximum Gasteiger partial charge on any atom is 0.137 e. The Balaban J connectivity index is 3.81. The zero-order valence-electron chi connectivity index (χ0n) is 6.45. The number of hydrogen-bond acceptors (Lipinski definition) is 1. The van der Waals surface area contributed by atoms with E-state index in [1.165, 1.54) is 0 Å². The van der Waals surface area contributed by atoms with Gasteiger partial charge in [-0.2, -0.15) is 0 Å². The predicted octanol–water partition coefficient (Wildman–Crippen LogP) is 3.11. The summed E-state index contributed by atoms with van der Waals surface area (Å²) < 4.78 is -0.221. The molecule has 0 aliphatic heterocycles. The van der Waals surface area contributed by atoms with Crippen LogP contribution in [0.15, 0.2) is 0 Å². The molecule has 0 heterocycles. The van der Waals surface area contributed by atoms with Crippen molar-refractivity contribution in [2.75, 3.05) is 0 Å². The van der Waals surface area contributed by atoms with E-state index in [0.29, 0.717) is 6.42 Å². The first-order chi connectivity index (χ1) is 4.33. The molecule has 0 saturated carbocycles. The van der Waals surface area contributed by atoms with Crippen molar-refractivity contribution in [3.63, 3.8) is 0 Å². The van der Waals surface area contributed by atoms with Crippen molar-refractivity contribution in [2.45, 2.75) is 30.4 Å². The number of rotatable bonds is 3. The number of Topliss-reactive ketones (excluding diaryl/α,β-unsaturated/α-hetero) is 1. The molecule has 3 heteroatoms. The van der Waals surface area contributed by atoms with Crippen LogP contribution in [-0.4, -0.2) is 9.02 Å². The van der Waals surface area contributed by atoms with E-state index in [1.807, 2.05) is 20.8 Å². The lowest BCUT2D eigenvalue weighted by molar-refractivity contribution is -0.121. The summed E-state index contributed by atoms with van der Waals surface area (Å²) in [6.07, 6.45) is 0.532. The zero-order chi connectivity index (χ0) is 8.36. The fourth-order valence-corrected chi connectivity index (χ4v) is 1.06. The smallest absolute Gasteiger partial charge is 0.137 e. The molecule has 0 spiro atoms. The third-order valence-corrected chi connectivity index (χ3v) is 1.69. The van der Waals surface area contributed by atoms with Gasteiger partial charge in [0.15, 0.2) is 0 Å². The summed E-state index contributed by atoms with van der Waals surface area (Å²) in [4.78, 5) is 11.1. The molecule has 0 aromatic heterocycles. The van der Waals surface area contributed by atoms with E-state index < -0.39 is 0 Å². The minimum Gasteiger partial charge on any atom is -0.299 e. The third kappa shape index (κ3) is 5.42. The molecule has 0 saturated heterocycles. The molecule has 0 aliphatic rings. The summed E-state index contributed by atoms with van der Waals surface area (Å²) in [7, 11) is 0. The molecule has 0 unspecified atom stereocenters. The van der Waals surface area contributed by atoms with Gasteiger partial charge in [0.05, 0.1) is 3.23 Å². The van der Waals surface area contributed by atoms with Gasteiger partial charge in [0, 0.05) is 12.3 Å². The average Bonchev–Trinajstić information content (AvgIpc) is 1.60. The molecule has 0 atom stereocenters. The molecule has 0 radical (unpaired) electrons. The van der Waals surface area contributed by atoms with Crippen LogP contribution in [0.5, 0.6) is 0 Å². The van der Waals surface area contributed by atoms with Gasteiger partial charge in [-0.15, -0.1) is 0 Å². The van der Waals surface area contributed by atoms with E-state index in [2.05, 4.69) is 31.9 Å². The predicted molar refractivity (Wildman–Crippen MR) is 50.7 cm³/mol. The Morgan fingerprint density at radius 1 is 1.50 bits per heavy atom. The van der Waals surface area contributed by atoms with Gasteiger partial charge >= 0.3 is 0 Å². The number of carbonyl (C=O) groups excluding carboxylic acids is 1. The van der Waals surface area contributed by atoms with Crippen LogP contribution in [-0.2, 0) is 4.79 Å². The molecule has 0 aromatic carbocycles. The molecule has 10 heavy (non-hydrogen) atoms. The normalized spacial score (nSPS) is 12.2. The summed E-state index contributed by atoms with van der Waals surface area (Å²) in [5.74, 6) is 0.408. The zero-order valence-corrected chi connectivity index (χ0v) is 9.62. The van der Waals surface area contributed by atoms with Crippen LogP contribution in [0.25, 0.3) is 0 Å². The first-order valence-electron chi connectivity index (χ1n) is 3.23. The summed E-state index contributed by atoms with van der Waals surface area (Å²) in [6, 6.07) is 0. The van der Waals surface area contributed by atoms with Crippen molar-refractivity contribution >= 4 is 37.6 Å². The van der Waals surface area contributed by atoms with E-state index in [9.17, 15) is 4.79 Å². The molecule has 0 amide bonds. The van der Waals surface area contributed by atoms with Gasteiger partial charge in [-0.05, 0) is 6.92 Å². The van der Waals surface area contributed by atoms with Gasteiger partial charge in [-0.25, -0.2) is 0 Å². The molecular formula is C7H12Br2O. The van der Waals surface area contributed by atoms with Crippen molar-refractivity contribution in [1.82, 2.24) is 0 Å². The molecule has 0 fully saturated rings. The standard InChI is InChI=1S/C7H12Br2O/c1-5(2)6(10)4-7(3,8)9/h5H,4H2,1-3H3. The number of hydrogen-bond donors (Lipinski definition) is 0. The van der Waals surface area contributed by atoms with Gasteiger partial charge in [-0.3, -0.25) is 4.79 Å². The Morgan fingerprint density at radius 2 is 1.90 bits per heavy atom. The van der Waals surface area contributed by atoms with E-state index in [-0.39, 0.29) is 14.9 Å². The highest BCUT2D eigenvalue weighted by Crippen LogP contribution is 2.30. The number of halogens is 2. The summed E-state index contributed by atoms with van der Waals surface area (Å²) >= 11 is 6.69. The lowest BCUT2D eigenvalue weighted by Gasteiger charge is -2.13. The molecule has 0 rings (SSSR count). The van der Waals surface area contributed by atoms with Gasteiger partial charge in [-0.1, -0.05) is 45.7 Å². The van der Waals surface area contributed by atoms with E-state index >= 15 is 0 Å². The largest absolute Gasteiger partial charge is 0.299 e. The second-order valence-corrected chi connectivity index (χ2v) is 7.43. The van der Waals surface area contributed by atoms with Crippen molar-refractivity contribution in [1.29, 1.82) is 0 Å². The number of ketones is 1. The van der Waals surface area contributed by atoms with Gasteiger partial charge in [0.1, 0.15) is 5.78 Å². The molecular weight excluding hydrogens is 260 g/mol. The molecule has 60 valence electrons. The molecule has 1 nitrogen and oxygen atoms in total. The molecule has 0 bridgehead atoms. The van der Waals surface area contributed by atoms with Crippen LogP contribution in [0.4, 0.5) is 0 Å². The number of alkyl halides is 2. The Labute approximate surface area is 78.8 Å². The van der Waals surface area contributed by atoms with Crippen molar-refractivity contribution < 1.29 is 4.79 Å². The maximum absolute atomic E-state index is 11.1. The highest BCUT2D eigenvalue weighted by Gasteiger charge is 2.21. The highest BCUT2D eigenvalue weighted by atomic mass is 79.9. The SMILES string of the molecule is CC(C)C(=O)CC(C)(Br)Br. The Bertz CT molecular complexity index is 124. The summed E-state index contributed by atoms with van der Waals surface area (Å²) in [6.45, 7) is 5.75. The van der Waals surface area contributed by atoms with Crippen molar-refractivity contribution in [2.24, 2.45) is 5.92 Å². The van der Waals surface area contributed by atoms with Crippen LogP contribution < -0.4 is 0 Å². The van der Waals surface area contributed by atoms with Crippen LogP contribution in [0.2, 0.25) is 0 Å². The lowest BCUT2D eigenvalue weighted by atomic mass is 10.1. The monoisotopic (exact) mass is 270 g/mol. The summed E-state index contributed by atoms with van der Waals surface area (Å²) in [5.41, 5.74) is 0. The maximum atomic E-state index is 11.1. The fourth-order valence-electron chi connectivity index (χ4n) is 0.510. The van der Waals surface area contributed by atoms with E-state index in [4.69, 9.17) is 0 Å². The first kappa shape index (κ1) is 10.6. The summed E-state index contributed by atoms with van der Waals surface area (Å²) in [5, 5.41) is 0. The average molecular weight is 272 g/mol. The third-order valence-electron chi connectivity index (χ3n) is 1.13. The van der Waals surface area contributed by atoms with E-state index in [1.54, 1.807) is 0 Å². The highest BCUT2D eigenvalue weighted by molar-refractivity contribution is 9.25. The van der Waals surface area contributed by atoms with Gasteiger partial charge < -0.3 is 0 Å². The Kier molecular flexibility index (Phi) is 4.10. The van der Waals surface area contributed by atoms with Gasteiger partial charge in [0.2, 0.25) is 0 Å².